The standard InChI is InChI=1S/C25H18N6O3S/c32-21(15-27-29-25(35)26-14-16-8-2-1-3-9-16)30-23(33)18-11-5-4-10-17(18)22-28-20-13-7-6-12-19(20)24(34)31(22)30/h1-14,27H,15H2,(H,29,35)/b26-14+. The summed E-state index contributed by atoms with van der Waals surface area (Å²) in [6.45, 7) is -0.340. The van der Waals surface area contributed by atoms with Crippen LogP contribution < -0.4 is 22.0 Å². The molecule has 0 unspecified atom stereocenters. The van der Waals surface area contributed by atoms with Crippen molar-refractivity contribution in [3.05, 3.63) is 105 Å². The fourth-order valence-corrected chi connectivity index (χ4v) is 3.88. The molecule has 0 amide bonds. The highest BCUT2D eigenvalue weighted by atomic mass is 32.1. The normalized spacial score (nSPS) is 11.4. The highest BCUT2D eigenvalue weighted by Gasteiger charge is 2.19. The van der Waals surface area contributed by atoms with Crippen molar-refractivity contribution < 1.29 is 4.79 Å². The lowest BCUT2D eigenvalue weighted by atomic mass is 10.2. The van der Waals surface area contributed by atoms with Crippen molar-refractivity contribution in [2.45, 2.75) is 0 Å². The number of aliphatic imine (C=N–C) groups is 1. The minimum atomic E-state index is -0.674. The summed E-state index contributed by atoms with van der Waals surface area (Å²) >= 11 is 5.14. The number of hydrogen-bond donors (Lipinski definition) is 2. The number of carbonyl (C=O) groups is 1. The van der Waals surface area contributed by atoms with Crippen molar-refractivity contribution >= 4 is 56.8 Å². The number of nitrogens with zero attached hydrogens (tertiary/aromatic N) is 4. The molecule has 35 heavy (non-hydrogen) atoms. The molecule has 0 fully saturated rings. The Morgan fingerprint density at radius 2 is 1.54 bits per heavy atom. The first kappa shape index (κ1) is 22.3. The van der Waals surface area contributed by atoms with Gasteiger partial charge in [-0.25, -0.2) is 15.4 Å². The van der Waals surface area contributed by atoms with Crippen LogP contribution in [0.25, 0.3) is 27.3 Å². The maximum Gasteiger partial charge on any atom is 0.281 e. The van der Waals surface area contributed by atoms with E-state index < -0.39 is 17.0 Å². The first-order valence-electron chi connectivity index (χ1n) is 10.7. The smallest absolute Gasteiger partial charge is 0.281 e. The molecule has 2 aromatic heterocycles. The molecule has 0 spiro atoms. The van der Waals surface area contributed by atoms with E-state index in [1.807, 2.05) is 30.3 Å². The monoisotopic (exact) mass is 482 g/mol. The summed E-state index contributed by atoms with van der Waals surface area (Å²) in [5, 5.41) is 1.15. The van der Waals surface area contributed by atoms with Crippen LogP contribution in [0.3, 0.4) is 0 Å². The lowest BCUT2D eigenvalue weighted by Gasteiger charge is -2.14. The Labute approximate surface area is 203 Å². The predicted octanol–water partition coefficient (Wildman–Crippen LogP) is 2.30. The van der Waals surface area contributed by atoms with E-state index in [0.29, 0.717) is 16.3 Å². The molecule has 0 aliphatic rings. The van der Waals surface area contributed by atoms with Gasteiger partial charge in [0.25, 0.3) is 17.0 Å². The molecule has 5 aromatic rings. The lowest BCUT2D eigenvalue weighted by molar-refractivity contribution is 0.0882. The minimum absolute atomic E-state index is 0.0993. The molecule has 0 atom stereocenters. The molecule has 2 heterocycles. The van der Waals surface area contributed by atoms with Crippen molar-refractivity contribution in [1.29, 1.82) is 0 Å². The molecule has 9 nitrogen and oxygen atoms in total. The summed E-state index contributed by atoms with van der Waals surface area (Å²) in [5.41, 5.74) is 5.73. The molecule has 0 aliphatic carbocycles. The van der Waals surface area contributed by atoms with E-state index in [-0.39, 0.29) is 22.7 Å². The van der Waals surface area contributed by atoms with Gasteiger partial charge >= 0.3 is 0 Å². The van der Waals surface area contributed by atoms with Crippen LogP contribution in [0, 0.1) is 0 Å². The summed E-state index contributed by atoms with van der Waals surface area (Å²) < 4.78 is 1.84. The van der Waals surface area contributed by atoms with Gasteiger partial charge in [0.1, 0.15) is 0 Å². The van der Waals surface area contributed by atoms with Crippen LogP contribution in [0.2, 0.25) is 0 Å². The van der Waals surface area contributed by atoms with Gasteiger partial charge < -0.3 is 0 Å². The molecule has 172 valence electrons. The number of aromatic nitrogens is 3. The molecule has 2 N–H and O–H groups in total. The topological polar surface area (TPSA) is 110 Å². The van der Waals surface area contributed by atoms with E-state index in [4.69, 9.17) is 12.2 Å². The Hall–Kier alpha value is -4.54. The van der Waals surface area contributed by atoms with E-state index in [0.717, 1.165) is 14.8 Å². The van der Waals surface area contributed by atoms with Gasteiger partial charge in [-0.3, -0.25) is 19.8 Å². The third kappa shape index (κ3) is 4.23. The van der Waals surface area contributed by atoms with Crippen LogP contribution >= 0.6 is 12.2 Å². The number of hydrazine groups is 1. The van der Waals surface area contributed by atoms with Crippen molar-refractivity contribution in [2.75, 3.05) is 6.54 Å². The Balaban J connectivity index is 1.50. The van der Waals surface area contributed by atoms with Gasteiger partial charge in [0, 0.05) is 11.6 Å². The second-order valence-corrected chi connectivity index (χ2v) is 7.97. The van der Waals surface area contributed by atoms with Crippen molar-refractivity contribution in [1.82, 2.24) is 25.0 Å². The third-order valence-electron chi connectivity index (χ3n) is 5.35. The van der Waals surface area contributed by atoms with Gasteiger partial charge in [0.2, 0.25) is 5.11 Å². The number of fused-ring (bicyclic) bond motifs is 4. The fourth-order valence-electron chi connectivity index (χ4n) is 3.75. The van der Waals surface area contributed by atoms with Gasteiger partial charge in [-0.15, -0.1) is 0 Å². The zero-order valence-corrected chi connectivity index (χ0v) is 19.0. The second kappa shape index (κ2) is 9.37. The second-order valence-electron chi connectivity index (χ2n) is 7.58. The number of para-hydroxylation sites is 1. The summed E-state index contributed by atoms with van der Waals surface area (Å²) in [7, 11) is 0. The van der Waals surface area contributed by atoms with Crippen LogP contribution in [0.4, 0.5) is 0 Å². The van der Waals surface area contributed by atoms with E-state index in [1.165, 1.54) is 0 Å². The zero-order chi connectivity index (χ0) is 24.4. The number of carbonyl (C=O) groups excluding carboxylic acids is 1. The number of nitrogens with one attached hydrogen (secondary N) is 2. The van der Waals surface area contributed by atoms with Crippen LogP contribution in [-0.4, -0.2) is 38.0 Å². The van der Waals surface area contributed by atoms with Gasteiger partial charge in [0.15, 0.2) is 5.65 Å². The van der Waals surface area contributed by atoms with E-state index in [9.17, 15) is 14.4 Å². The summed E-state index contributed by atoms with van der Waals surface area (Å²) in [4.78, 5) is 48.5. The average Bonchev–Trinajstić information content (AvgIpc) is 2.89. The Morgan fingerprint density at radius 3 is 2.31 bits per heavy atom. The molecular weight excluding hydrogens is 464 g/mol. The Kier molecular flexibility index (Phi) is 5.96. The fraction of sp³-hybridized carbons (Fsp3) is 0.0400. The van der Waals surface area contributed by atoms with Crippen LogP contribution in [0.15, 0.2) is 93.4 Å². The molecule has 0 saturated heterocycles. The predicted molar refractivity (Wildman–Crippen MR) is 139 cm³/mol. The molecule has 3 aromatic carbocycles. The van der Waals surface area contributed by atoms with Crippen molar-refractivity contribution in [3.63, 3.8) is 0 Å². The summed E-state index contributed by atoms with van der Waals surface area (Å²) in [6, 6.07) is 22.9. The Morgan fingerprint density at radius 1 is 0.886 bits per heavy atom. The first-order valence-corrected chi connectivity index (χ1v) is 11.1. The quantitative estimate of drug-likeness (QED) is 0.133. The molecule has 0 aliphatic heterocycles. The van der Waals surface area contributed by atoms with Gasteiger partial charge in [0.05, 0.1) is 22.8 Å². The van der Waals surface area contributed by atoms with Crippen LogP contribution in [0.1, 0.15) is 10.4 Å². The first-order chi connectivity index (χ1) is 17.0. The van der Waals surface area contributed by atoms with Crippen molar-refractivity contribution in [3.8, 4) is 0 Å². The number of benzene rings is 3. The summed E-state index contributed by atoms with van der Waals surface area (Å²) in [5.74, 6) is -0.674. The Bertz CT molecular complexity index is 1760. The SMILES string of the molecule is O=C(CNNC(=S)/N=C/c1ccccc1)n1c(=O)c2ccccc2c2nc3ccccc3c(=O)n21. The maximum atomic E-state index is 13.3. The largest absolute Gasteiger partial charge is 0.296 e. The number of hydrogen-bond acceptors (Lipinski definition) is 6. The van der Waals surface area contributed by atoms with Crippen LogP contribution in [0.5, 0.6) is 0 Å². The number of thiocarbonyl (C=S) groups is 1. The minimum Gasteiger partial charge on any atom is -0.296 e. The van der Waals surface area contributed by atoms with E-state index in [1.54, 1.807) is 54.7 Å². The van der Waals surface area contributed by atoms with Gasteiger partial charge in [-0.1, -0.05) is 60.7 Å². The average molecular weight is 483 g/mol. The maximum absolute atomic E-state index is 13.3. The third-order valence-corrected chi connectivity index (χ3v) is 5.55. The zero-order valence-electron chi connectivity index (χ0n) is 18.2. The van der Waals surface area contributed by atoms with Crippen LogP contribution in [-0.2, 0) is 0 Å². The van der Waals surface area contributed by atoms with Gasteiger partial charge in [-0.2, -0.15) is 9.20 Å². The van der Waals surface area contributed by atoms with E-state index >= 15 is 0 Å². The highest BCUT2D eigenvalue weighted by Crippen LogP contribution is 2.16. The molecule has 10 heteroatoms. The highest BCUT2D eigenvalue weighted by molar-refractivity contribution is 7.80. The molecular formula is C25H18N6O3S. The molecule has 0 saturated carbocycles. The molecule has 0 bridgehead atoms. The molecule has 5 rings (SSSR count). The molecule has 0 radical (unpaired) electrons. The van der Waals surface area contributed by atoms with E-state index in [2.05, 4.69) is 20.8 Å². The van der Waals surface area contributed by atoms with Crippen molar-refractivity contribution in [2.24, 2.45) is 4.99 Å². The lowest BCUT2D eigenvalue weighted by Crippen LogP contribution is -2.45. The number of rotatable bonds is 4. The summed E-state index contributed by atoms with van der Waals surface area (Å²) in [6.07, 6.45) is 1.58. The van der Waals surface area contributed by atoms with Gasteiger partial charge in [-0.05, 0) is 36.0 Å².